The maximum Gasteiger partial charge on any atom is 0.416 e. The molecular weight excluding hydrogens is 232 g/mol. The highest BCUT2D eigenvalue weighted by atomic mass is 19.4. The van der Waals surface area contributed by atoms with E-state index in [4.69, 9.17) is 0 Å². The number of halogens is 4. The average Bonchev–Trinajstić information content (AvgIpc) is 2.29. The molecule has 0 N–H and O–H groups in total. The van der Waals surface area contributed by atoms with Crippen LogP contribution in [0.1, 0.15) is 5.56 Å². The Labute approximate surface area is 95.5 Å². The SMILES string of the molecule is Fc1ccc(C(F)(F)F)cc1-c1ccccc1. The van der Waals surface area contributed by atoms with Crippen molar-refractivity contribution in [3.05, 3.63) is 59.9 Å². The highest BCUT2D eigenvalue weighted by molar-refractivity contribution is 5.64. The molecule has 0 aromatic heterocycles. The molecule has 17 heavy (non-hydrogen) atoms. The fourth-order valence-corrected chi connectivity index (χ4v) is 1.54. The summed E-state index contributed by atoms with van der Waals surface area (Å²) in [5.74, 6) is -0.663. The number of rotatable bonds is 1. The molecule has 4 heteroatoms. The first-order valence-electron chi connectivity index (χ1n) is 4.90. The summed E-state index contributed by atoms with van der Waals surface area (Å²) in [6.07, 6.45) is -4.46. The Morgan fingerprint density at radius 1 is 0.824 bits per heavy atom. The van der Waals surface area contributed by atoms with Crippen LogP contribution in [0.3, 0.4) is 0 Å². The standard InChI is InChI=1S/C13H8F4/c14-12-7-6-10(13(15,16)17)8-11(12)9-4-2-1-3-5-9/h1-8H. The second-order valence-electron chi connectivity index (χ2n) is 3.56. The number of hydrogen-bond donors (Lipinski definition) is 0. The van der Waals surface area contributed by atoms with E-state index >= 15 is 0 Å². The Bertz CT molecular complexity index is 515. The molecule has 0 unspecified atom stereocenters. The van der Waals surface area contributed by atoms with Gasteiger partial charge in [-0.2, -0.15) is 13.2 Å². The predicted molar refractivity (Wildman–Crippen MR) is 56.8 cm³/mol. The Kier molecular flexibility index (Phi) is 2.88. The fraction of sp³-hybridized carbons (Fsp3) is 0.0769. The van der Waals surface area contributed by atoms with Gasteiger partial charge in [-0.25, -0.2) is 4.39 Å². The molecule has 0 bridgehead atoms. The van der Waals surface area contributed by atoms with E-state index in [1.807, 2.05) is 0 Å². The van der Waals surface area contributed by atoms with Crippen molar-refractivity contribution in [2.75, 3.05) is 0 Å². The molecule has 0 spiro atoms. The third kappa shape index (κ3) is 2.46. The maximum atomic E-state index is 13.5. The van der Waals surface area contributed by atoms with Gasteiger partial charge in [-0.05, 0) is 23.8 Å². The van der Waals surface area contributed by atoms with Crippen LogP contribution in [0.4, 0.5) is 17.6 Å². The molecule has 2 rings (SSSR count). The van der Waals surface area contributed by atoms with Gasteiger partial charge in [0, 0.05) is 5.56 Å². The normalized spacial score (nSPS) is 11.5. The summed E-state index contributed by atoms with van der Waals surface area (Å²) in [5, 5.41) is 0. The van der Waals surface area contributed by atoms with Crippen LogP contribution in [0.25, 0.3) is 11.1 Å². The van der Waals surface area contributed by atoms with Crippen LogP contribution in [0.2, 0.25) is 0 Å². The van der Waals surface area contributed by atoms with Gasteiger partial charge in [0.05, 0.1) is 5.56 Å². The van der Waals surface area contributed by atoms with Crippen molar-refractivity contribution < 1.29 is 17.6 Å². The van der Waals surface area contributed by atoms with E-state index in [-0.39, 0.29) is 5.56 Å². The number of benzene rings is 2. The second kappa shape index (κ2) is 4.20. The van der Waals surface area contributed by atoms with Crippen LogP contribution in [0, 0.1) is 5.82 Å². The minimum atomic E-state index is -4.46. The molecule has 0 radical (unpaired) electrons. The third-order valence-electron chi connectivity index (χ3n) is 2.38. The Balaban J connectivity index is 2.55. The Hall–Kier alpha value is -1.84. The summed E-state index contributed by atoms with van der Waals surface area (Å²) in [6.45, 7) is 0. The highest BCUT2D eigenvalue weighted by Crippen LogP contribution is 2.33. The molecule has 0 aliphatic rings. The zero-order valence-corrected chi connectivity index (χ0v) is 8.63. The van der Waals surface area contributed by atoms with E-state index < -0.39 is 17.6 Å². The van der Waals surface area contributed by atoms with Crippen LogP contribution >= 0.6 is 0 Å². The van der Waals surface area contributed by atoms with Gasteiger partial charge < -0.3 is 0 Å². The summed E-state index contributed by atoms with van der Waals surface area (Å²) in [7, 11) is 0. The summed E-state index contributed by atoms with van der Waals surface area (Å²) < 4.78 is 51.0. The molecule has 88 valence electrons. The lowest BCUT2D eigenvalue weighted by molar-refractivity contribution is -0.137. The molecule has 0 amide bonds. The van der Waals surface area contributed by atoms with Crippen molar-refractivity contribution in [2.45, 2.75) is 6.18 Å². The van der Waals surface area contributed by atoms with Crippen molar-refractivity contribution in [3.8, 4) is 11.1 Å². The van der Waals surface area contributed by atoms with Crippen molar-refractivity contribution >= 4 is 0 Å². The molecule has 0 saturated carbocycles. The molecular formula is C13H8F4. The monoisotopic (exact) mass is 240 g/mol. The molecule has 0 aliphatic carbocycles. The Morgan fingerprint density at radius 3 is 2.06 bits per heavy atom. The van der Waals surface area contributed by atoms with Gasteiger partial charge in [-0.1, -0.05) is 30.3 Å². The van der Waals surface area contributed by atoms with Gasteiger partial charge in [0.25, 0.3) is 0 Å². The molecule has 0 aliphatic heterocycles. The first-order valence-corrected chi connectivity index (χ1v) is 4.90. The summed E-state index contributed by atoms with van der Waals surface area (Å²) >= 11 is 0. The largest absolute Gasteiger partial charge is 0.416 e. The molecule has 2 aromatic carbocycles. The van der Waals surface area contributed by atoms with Gasteiger partial charge in [-0.15, -0.1) is 0 Å². The van der Waals surface area contributed by atoms with E-state index in [9.17, 15) is 17.6 Å². The van der Waals surface area contributed by atoms with Gasteiger partial charge in [0.1, 0.15) is 5.82 Å². The zero-order valence-electron chi connectivity index (χ0n) is 8.63. The quantitative estimate of drug-likeness (QED) is 0.643. The van der Waals surface area contributed by atoms with E-state index in [0.29, 0.717) is 5.56 Å². The van der Waals surface area contributed by atoms with Crippen LogP contribution < -0.4 is 0 Å². The summed E-state index contributed by atoms with van der Waals surface area (Å²) in [4.78, 5) is 0. The first kappa shape index (κ1) is 11.6. The van der Waals surface area contributed by atoms with Crippen molar-refractivity contribution in [2.24, 2.45) is 0 Å². The molecule has 0 atom stereocenters. The van der Waals surface area contributed by atoms with E-state index in [1.165, 1.54) is 0 Å². The zero-order chi connectivity index (χ0) is 12.5. The second-order valence-corrected chi connectivity index (χ2v) is 3.56. The number of alkyl halides is 3. The molecule has 0 nitrogen and oxygen atoms in total. The molecule has 0 heterocycles. The summed E-state index contributed by atoms with van der Waals surface area (Å²) in [6, 6.07) is 10.5. The van der Waals surface area contributed by atoms with Gasteiger partial charge in [0.2, 0.25) is 0 Å². The lowest BCUT2D eigenvalue weighted by atomic mass is 10.0. The maximum absolute atomic E-state index is 13.5. The first-order chi connectivity index (χ1) is 7.98. The topological polar surface area (TPSA) is 0 Å². The molecule has 0 fully saturated rings. The van der Waals surface area contributed by atoms with E-state index in [0.717, 1.165) is 18.2 Å². The van der Waals surface area contributed by atoms with Crippen LogP contribution in [-0.4, -0.2) is 0 Å². The smallest absolute Gasteiger partial charge is 0.206 e. The van der Waals surface area contributed by atoms with Crippen LogP contribution in [-0.2, 0) is 6.18 Å². The van der Waals surface area contributed by atoms with Crippen LogP contribution in [0.15, 0.2) is 48.5 Å². The van der Waals surface area contributed by atoms with Gasteiger partial charge in [-0.3, -0.25) is 0 Å². The summed E-state index contributed by atoms with van der Waals surface area (Å²) in [5.41, 5.74) is -0.464. The van der Waals surface area contributed by atoms with E-state index in [1.54, 1.807) is 30.3 Å². The minimum absolute atomic E-state index is 0.0413. The Morgan fingerprint density at radius 2 is 1.47 bits per heavy atom. The van der Waals surface area contributed by atoms with Crippen molar-refractivity contribution in [1.29, 1.82) is 0 Å². The van der Waals surface area contributed by atoms with Crippen LogP contribution in [0.5, 0.6) is 0 Å². The average molecular weight is 240 g/mol. The molecule has 0 saturated heterocycles. The molecule has 2 aromatic rings. The highest BCUT2D eigenvalue weighted by Gasteiger charge is 2.31. The lowest BCUT2D eigenvalue weighted by Gasteiger charge is -2.09. The van der Waals surface area contributed by atoms with Crippen molar-refractivity contribution in [3.63, 3.8) is 0 Å². The number of hydrogen-bond acceptors (Lipinski definition) is 0. The van der Waals surface area contributed by atoms with Gasteiger partial charge in [0.15, 0.2) is 0 Å². The minimum Gasteiger partial charge on any atom is -0.206 e. The third-order valence-corrected chi connectivity index (χ3v) is 2.38. The van der Waals surface area contributed by atoms with Gasteiger partial charge >= 0.3 is 6.18 Å². The lowest BCUT2D eigenvalue weighted by Crippen LogP contribution is -2.05. The van der Waals surface area contributed by atoms with Crippen molar-refractivity contribution in [1.82, 2.24) is 0 Å². The van der Waals surface area contributed by atoms with E-state index in [2.05, 4.69) is 0 Å². The predicted octanol–water partition coefficient (Wildman–Crippen LogP) is 4.51. The fourth-order valence-electron chi connectivity index (χ4n) is 1.54.